The highest BCUT2D eigenvalue weighted by Crippen LogP contribution is 2.10. The smallest absolute Gasteiger partial charge is 0.143 e. The van der Waals surface area contributed by atoms with Crippen LogP contribution in [0.4, 0.5) is 5.82 Å². The molecule has 1 heterocycles. The Balaban J connectivity index is 1.91. The second-order valence-corrected chi connectivity index (χ2v) is 5.37. The van der Waals surface area contributed by atoms with Crippen LogP contribution < -0.4 is 5.32 Å². The minimum atomic E-state index is -1.04. The highest BCUT2D eigenvalue weighted by molar-refractivity contribution is 7.85. The first-order valence-electron chi connectivity index (χ1n) is 5.83. The standard InChI is InChI=1S/C14H13N3OS/c15-11-12-5-4-8-16-14(12)17-9-10-19(18)13-6-2-1-3-7-13/h1-8H,9-10H2,(H,16,17)/t19-/m0/s1. The van der Waals surface area contributed by atoms with E-state index in [4.69, 9.17) is 5.26 Å². The lowest BCUT2D eigenvalue weighted by molar-refractivity contribution is 0.683. The van der Waals surface area contributed by atoms with Gasteiger partial charge in [0.15, 0.2) is 0 Å². The van der Waals surface area contributed by atoms with E-state index in [-0.39, 0.29) is 0 Å². The van der Waals surface area contributed by atoms with Gasteiger partial charge >= 0.3 is 0 Å². The Morgan fingerprint density at radius 2 is 2.00 bits per heavy atom. The Morgan fingerprint density at radius 3 is 2.74 bits per heavy atom. The van der Waals surface area contributed by atoms with Gasteiger partial charge in [-0.3, -0.25) is 4.21 Å². The molecule has 0 radical (unpaired) electrons. The molecule has 2 aromatic rings. The number of pyridine rings is 1. The van der Waals surface area contributed by atoms with Gasteiger partial charge in [-0.1, -0.05) is 18.2 Å². The molecule has 0 aliphatic rings. The summed E-state index contributed by atoms with van der Waals surface area (Å²) in [6.45, 7) is 0.507. The lowest BCUT2D eigenvalue weighted by atomic mass is 10.3. The van der Waals surface area contributed by atoms with Gasteiger partial charge in [-0.25, -0.2) is 4.98 Å². The van der Waals surface area contributed by atoms with Crippen molar-refractivity contribution in [3.05, 3.63) is 54.2 Å². The Hall–Kier alpha value is -2.19. The molecule has 0 bridgehead atoms. The summed E-state index contributed by atoms with van der Waals surface area (Å²) in [5.41, 5.74) is 0.494. The molecule has 5 heteroatoms. The fourth-order valence-corrected chi connectivity index (χ4v) is 2.57. The maximum Gasteiger partial charge on any atom is 0.143 e. The third kappa shape index (κ3) is 3.63. The SMILES string of the molecule is N#Cc1cccnc1NCC[S@](=O)c1ccccc1. The number of nitrogens with zero attached hydrogens (tertiary/aromatic N) is 2. The third-order valence-corrected chi connectivity index (χ3v) is 3.89. The van der Waals surface area contributed by atoms with Crippen molar-refractivity contribution in [1.82, 2.24) is 4.98 Å². The average Bonchev–Trinajstić information content (AvgIpc) is 2.48. The monoisotopic (exact) mass is 271 g/mol. The number of hydrogen-bond donors (Lipinski definition) is 1. The lowest BCUT2D eigenvalue weighted by Crippen LogP contribution is -2.12. The summed E-state index contributed by atoms with van der Waals surface area (Å²) in [6, 6.07) is 14.8. The number of nitrogens with one attached hydrogen (secondary N) is 1. The van der Waals surface area contributed by atoms with Crippen molar-refractivity contribution in [3.8, 4) is 6.07 Å². The Morgan fingerprint density at radius 1 is 1.21 bits per heavy atom. The molecule has 96 valence electrons. The van der Waals surface area contributed by atoms with Crippen LogP contribution in [-0.2, 0) is 10.8 Å². The predicted molar refractivity (Wildman–Crippen MR) is 75.2 cm³/mol. The molecule has 4 nitrogen and oxygen atoms in total. The van der Waals surface area contributed by atoms with Gasteiger partial charge in [0.1, 0.15) is 11.9 Å². The van der Waals surface area contributed by atoms with E-state index in [9.17, 15) is 4.21 Å². The number of aromatic nitrogens is 1. The molecule has 0 saturated carbocycles. The maximum absolute atomic E-state index is 12.0. The molecule has 0 aliphatic carbocycles. The fraction of sp³-hybridized carbons (Fsp3) is 0.143. The van der Waals surface area contributed by atoms with Gasteiger partial charge < -0.3 is 5.32 Å². The van der Waals surface area contributed by atoms with Crippen LogP contribution in [0.5, 0.6) is 0 Å². The molecular weight excluding hydrogens is 258 g/mol. The summed E-state index contributed by atoms with van der Waals surface area (Å²) in [7, 11) is -1.04. The van der Waals surface area contributed by atoms with Crippen molar-refractivity contribution in [3.63, 3.8) is 0 Å². The molecule has 0 spiro atoms. The van der Waals surface area contributed by atoms with E-state index in [0.29, 0.717) is 23.7 Å². The highest BCUT2D eigenvalue weighted by Gasteiger charge is 2.04. The summed E-state index contributed by atoms with van der Waals surface area (Å²) in [6.07, 6.45) is 1.62. The maximum atomic E-state index is 12.0. The van der Waals surface area contributed by atoms with Crippen LogP contribution in [0.2, 0.25) is 0 Å². The van der Waals surface area contributed by atoms with E-state index in [0.717, 1.165) is 4.90 Å². The van der Waals surface area contributed by atoms with Crippen molar-refractivity contribution >= 4 is 16.6 Å². The molecule has 0 aliphatic heterocycles. The molecule has 2 rings (SSSR count). The molecule has 0 saturated heterocycles. The van der Waals surface area contributed by atoms with Gasteiger partial charge in [-0.15, -0.1) is 0 Å². The van der Waals surface area contributed by atoms with Gasteiger partial charge in [0.05, 0.1) is 16.4 Å². The van der Waals surface area contributed by atoms with Gasteiger partial charge in [-0.05, 0) is 24.3 Å². The molecular formula is C14H13N3OS. The van der Waals surface area contributed by atoms with Crippen LogP contribution in [0.1, 0.15) is 5.56 Å². The molecule has 19 heavy (non-hydrogen) atoms. The van der Waals surface area contributed by atoms with Crippen molar-refractivity contribution in [2.75, 3.05) is 17.6 Å². The average molecular weight is 271 g/mol. The van der Waals surface area contributed by atoms with E-state index >= 15 is 0 Å². The van der Waals surface area contributed by atoms with Crippen molar-refractivity contribution in [2.24, 2.45) is 0 Å². The summed E-state index contributed by atoms with van der Waals surface area (Å²) in [5, 5.41) is 12.0. The summed E-state index contributed by atoms with van der Waals surface area (Å²) >= 11 is 0. The van der Waals surface area contributed by atoms with Gasteiger partial charge in [-0.2, -0.15) is 5.26 Å². The number of nitriles is 1. The number of anilines is 1. The first kappa shape index (κ1) is 13.2. The van der Waals surface area contributed by atoms with Crippen molar-refractivity contribution in [2.45, 2.75) is 4.90 Å². The van der Waals surface area contributed by atoms with Crippen LogP contribution in [-0.4, -0.2) is 21.5 Å². The normalized spacial score (nSPS) is 11.5. The third-order valence-electron chi connectivity index (χ3n) is 2.51. The molecule has 0 fully saturated rings. The Labute approximate surface area is 114 Å². The van der Waals surface area contributed by atoms with E-state index in [1.165, 1.54) is 0 Å². The minimum absolute atomic E-state index is 0.478. The van der Waals surface area contributed by atoms with Crippen LogP contribution in [0.3, 0.4) is 0 Å². The largest absolute Gasteiger partial charge is 0.368 e. The molecule has 0 unspecified atom stereocenters. The topological polar surface area (TPSA) is 65.8 Å². The van der Waals surface area contributed by atoms with Crippen molar-refractivity contribution < 1.29 is 4.21 Å². The first-order valence-corrected chi connectivity index (χ1v) is 7.15. The van der Waals surface area contributed by atoms with Gasteiger partial charge in [0, 0.05) is 23.4 Å². The summed E-state index contributed by atoms with van der Waals surface area (Å²) in [5.74, 6) is 1.01. The Kier molecular flexibility index (Phi) is 4.65. The van der Waals surface area contributed by atoms with Crippen LogP contribution in [0, 0.1) is 11.3 Å². The molecule has 1 aromatic heterocycles. The van der Waals surface area contributed by atoms with Gasteiger partial charge in [0.2, 0.25) is 0 Å². The van der Waals surface area contributed by atoms with Gasteiger partial charge in [0.25, 0.3) is 0 Å². The van der Waals surface area contributed by atoms with Crippen molar-refractivity contribution in [1.29, 1.82) is 5.26 Å². The van der Waals surface area contributed by atoms with E-state index in [1.807, 2.05) is 30.3 Å². The molecule has 1 atom stereocenters. The zero-order valence-corrected chi connectivity index (χ0v) is 11.1. The van der Waals surface area contributed by atoms with Crippen LogP contribution in [0.25, 0.3) is 0 Å². The molecule has 0 amide bonds. The zero-order chi connectivity index (χ0) is 13.5. The second kappa shape index (κ2) is 6.66. The summed E-state index contributed by atoms with van der Waals surface area (Å²) in [4.78, 5) is 4.90. The Bertz CT molecular complexity index is 608. The second-order valence-electron chi connectivity index (χ2n) is 3.80. The van der Waals surface area contributed by atoms with Crippen LogP contribution in [0.15, 0.2) is 53.6 Å². The van der Waals surface area contributed by atoms with E-state index < -0.39 is 10.8 Å². The molecule has 1 N–H and O–H groups in total. The quantitative estimate of drug-likeness (QED) is 0.905. The lowest BCUT2D eigenvalue weighted by Gasteiger charge is -2.06. The van der Waals surface area contributed by atoms with E-state index in [2.05, 4.69) is 16.4 Å². The van der Waals surface area contributed by atoms with E-state index in [1.54, 1.807) is 18.3 Å². The fourth-order valence-electron chi connectivity index (χ4n) is 1.59. The summed E-state index contributed by atoms with van der Waals surface area (Å²) < 4.78 is 12.0. The highest BCUT2D eigenvalue weighted by atomic mass is 32.2. The number of hydrogen-bond acceptors (Lipinski definition) is 4. The zero-order valence-electron chi connectivity index (χ0n) is 10.2. The number of benzene rings is 1. The number of rotatable bonds is 5. The minimum Gasteiger partial charge on any atom is -0.368 e. The predicted octanol–water partition coefficient (Wildman–Crippen LogP) is 2.17. The first-order chi connectivity index (χ1) is 9.31. The molecule has 1 aromatic carbocycles. The van der Waals surface area contributed by atoms with Crippen LogP contribution >= 0.6 is 0 Å².